The van der Waals surface area contributed by atoms with Crippen LogP contribution in [-0.4, -0.2) is 15.2 Å². The minimum absolute atomic E-state index is 0.306. The molecule has 1 aromatic carbocycles. The first-order chi connectivity index (χ1) is 10.6. The molecule has 0 bridgehead atoms. The molecule has 3 rings (SSSR count). The van der Waals surface area contributed by atoms with E-state index in [9.17, 15) is 0 Å². The van der Waals surface area contributed by atoms with Gasteiger partial charge in [-0.3, -0.25) is 10.1 Å². The summed E-state index contributed by atoms with van der Waals surface area (Å²) < 4.78 is 5.97. The van der Waals surface area contributed by atoms with E-state index in [0.29, 0.717) is 15.8 Å². The molecule has 0 radical (unpaired) electrons. The van der Waals surface area contributed by atoms with Crippen molar-refractivity contribution in [2.24, 2.45) is 0 Å². The SMILES string of the molecule is C=Cc1n[nH]c2ccc(O[C@H](C)c3c(Cl)cncc3Cl)cc12. The molecule has 0 saturated heterocycles. The number of hydrogen-bond acceptors (Lipinski definition) is 3. The molecule has 22 heavy (non-hydrogen) atoms. The molecule has 1 N–H and O–H groups in total. The number of H-pyrrole nitrogens is 1. The third-order valence-electron chi connectivity index (χ3n) is 3.37. The number of ether oxygens (including phenoxy) is 1. The Morgan fingerprint density at radius 2 is 2.00 bits per heavy atom. The summed E-state index contributed by atoms with van der Waals surface area (Å²) in [4.78, 5) is 3.95. The second-order valence-corrected chi connectivity index (χ2v) is 5.61. The second kappa shape index (κ2) is 5.99. The number of benzene rings is 1. The Kier molecular flexibility index (Phi) is 4.05. The highest BCUT2D eigenvalue weighted by molar-refractivity contribution is 6.35. The van der Waals surface area contributed by atoms with Crippen LogP contribution in [0.2, 0.25) is 10.0 Å². The molecule has 0 spiro atoms. The van der Waals surface area contributed by atoms with Crippen LogP contribution >= 0.6 is 23.2 Å². The fourth-order valence-electron chi connectivity index (χ4n) is 2.32. The van der Waals surface area contributed by atoms with Crippen LogP contribution < -0.4 is 4.74 Å². The van der Waals surface area contributed by atoms with Crippen molar-refractivity contribution in [3.8, 4) is 5.75 Å². The summed E-state index contributed by atoms with van der Waals surface area (Å²) in [6.45, 7) is 5.64. The highest BCUT2D eigenvalue weighted by atomic mass is 35.5. The van der Waals surface area contributed by atoms with Crippen molar-refractivity contribution in [1.82, 2.24) is 15.2 Å². The van der Waals surface area contributed by atoms with E-state index in [1.54, 1.807) is 18.5 Å². The highest BCUT2D eigenvalue weighted by Crippen LogP contribution is 2.33. The monoisotopic (exact) mass is 333 g/mol. The van der Waals surface area contributed by atoms with Crippen LogP contribution in [0.25, 0.3) is 17.0 Å². The smallest absolute Gasteiger partial charge is 0.124 e. The van der Waals surface area contributed by atoms with E-state index in [2.05, 4.69) is 21.8 Å². The lowest BCUT2D eigenvalue weighted by molar-refractivity contribution is 0.227. The lowest BCUT2D eigenvalue weighted by atomic mass is 10.1. The molecule has 2 aromatic heterocycles. The zero-order valence-electron chi connectivity index (χ0n) is 11.8. The van der Waals surface area contributed by atoms with E-state index < -0.39 is 0 Å². The number of pyridine rings is 1. The standard InChI is InChI=1S/C16H13Cl2N3O/c1-3-14-11-6-10(4-5-15(11)21-20-14)22-9(2)16-12(17)7-19-8-13(16)18/h3-9H,1H2,2H3,(H,20,21)/t9-/m1/s1. The van der Waals surface area contributed by atoms with Crippen molar-refractivity contribution in [2.75, 3.05) is 0 Å². The Balaban J connectivity index is 1.94. The van der Waals surface area contributed by atoms with Crippen molar-refractivity contribution in [3.05, 3.63) is 58.5 Å². The van der Waals surface area contributed by atoms with Gasteiger partial charge in [0.1, 0.15) is 11.9 Å². The van der Waals surface area contributed by atoms with Gasteiger partial charge in [0.25, 0.3) is 0 Å². The van der Waals surface area contributed by atoms with Gasteiger partial charge >= 0.3 is 0 Å². The summed E-state index contributed by atoms with van der Waals surface area (Å²) in [5.74, 6) is 0.702. The summed E-state index contributed by atoms with van der Waals surface area (Å²) in [6, 6.07) is 5.69. The molecule has 0 aliphatic heterocycles. The van der Waals surface area contributed by atoms with Gasteiger partial charge in [-0.1, -0.05) is 29.8 Å². The molecular formula is C16H13Cl2N3O. The molecule has 112 valence electrons. The molecule has 1 atom stereocenters. The number of aromatic nitrogens is 3. The van der Waals surface area contributed by atoms with Gasteiger partial charge < -0.3 is 4.74 Å². The molecule has 0 aliphatic rings. The van der Waals surface area contributed by atoms with Crippen LogP contribution in [0, 0.1) is 0 Å². The molecule has 3 aromatic rings. The van der Waals surface area contributed by atoms with Crippen LogP contribution in [0.1, 0.15) is 24.3 Å². The quantitative estimate of drug-likeness (QED) is 0.726. The molecule has 2 heterocycles. The molecule has 0 aliphatic carbocycles. The number of nitrogens with one attached hydrogen (secondary N) is 1. The minimum atomic E-state index is -0.306. The van der Waals surface area contributed by atoms with Crippen molar-refractivity contribution in [2.45, 2.75) is 13.0 Å². The zero-order chi connectivity index (χ0) is 15.7. The number of aromatic amines is 1. The van der Waals surface area contributed by atoms with Gasteiger partial charge in [0.05, 0.1) is 21.3 Å². The molecule has 0 fully saturated rings. The number of halogens is 2. The summed E-state index contributed by atoms with van der Waals surface area (Å²) in [6.07, 6.45) is 4.50. The number of rotatable bonds is 4. The van der Waals surface area contributed by atoms with Gasteiger partial charge in [-0.2, -0.15) is 5.10 Å². The predicted molar refractivity (Wildman–Crippen MR) is 89.5 cm³/mol. The maximum absolute atomic E-state index is 6.16. The van der Waals surface area contributed by atoms with Crippen molar-refractivity contribution >= 4 is 40.2 Å². The predicted octanol–water partition coefficient (Wildman–Crippen LogP) is 5.05. The maximum atomic E-state index is 6.16. The number of nitrogens with zero attached hydrogens (tertiary/aromatic N) is 2. The lowest BCUT2D eigenvalue weighted by Crippen LogP contribution is -2.05. The third-order valence-corrected chi connectivity index (χ3v) is 3.97. The first-order valence-electron chi connectivity index (χ1n) is 6.66. The van der Waals surface area contributed by atoms with Gasteiger partial charge in [0.2, 0.25) is 0 Å². The van der Waals surface area contributed by atoms with Crippen LogP contribution in [0.5, 0.6) is 5.75 Å². The summed E-state index contributed by atoms with van der Waals surface area (Å²) >= 11 is 12.3. The second-order valence-electron chi connectivity index (χ2n) is 4.80. The van der Waals surface area contributed by atoms with E-state index in [1.807, 2.05) is 25.1 Å². The summed E-state index contributed by atoms with van der Waals surface area (Å²) in [5, 5.41) is 9.03. The molecule has 6 heteroatoms. The summed E-state index contributed by atoms with van der Waals surface area (Å²) in [5.41, 5.74) is 2.43. The Bertz CT molecular complexity index is 824. The maximum Gasteiger partial charge on any atom is 0.124 e. The topological polar surface area (TPSA) is 50.8 Å². The van der Waals surface area contributed by atoms with Gasteiger partial charge in [-0.25, -0.2) is 0 Å². The van der Waals surface area contributed by atoms with Crippen LogP contribution in [0.15, 0.2) is 37.2 Å². The van der Waals surface area contributed by atoms with Gasteiger partial charge in [0.15, 0.2) is 0 Å². The fraction of sp³-hybridized carbons (Fsp3) is 0.125. The van der Waals surface area contributed by atoms with Crippen LogP contribution in [0.4, 0.5) is 0 Å². The molecule has 0 unspecified atom stereocenters. The van der Waals surface area contributed by atoms with E-state index >= 15 is 0 Å². The van der Waals surface area contributed by atoms with E-state index in [0.717, 1.165) is 22.2 Å². The molecule has 0 saturated carbocycles. The van der Waals surface area contributed by atoms with Crippen LogP contribution in [0.3, 0.4) is 0 Å². The lowest BCUT2D eigenvalue weighted by Gasteiger charge is -2.17. The Hall–Kier alpha value is -2.04. The molecule has 0 amide bonds. The van der Waals surface area contributed by atoms with Gasteiger partial charge in [-0.05, 0) is 31.2 Å². The normalized spacial score (nSPS) is 12.3. The van der Waals surface area contributed by atoms with Gasteiger partial charge in [0, 0.05) is 23.3 Å². The third kappa shape index (κ3) is 2.67. The van der Waals surface area contributed by atoms with E-state index in [-0.39, 0.29) is 6.10 Å². The Morgan fingerprint density at radius 3 is 2.68 bits per heavy atom. The van der Waals surface area contributed by atoms with Gasteiger partial charge in [-0.15, -0.1) is 0 Å². The molecular weight excluding hydrogens is 321 g/mol. The molecule has 4 nitrogen and oxygen atoms in total. The van der Waals surface area contributed by atoms with Crippen molar-refractivity contribution in [3.63, 3.8) is 0 Å². The highest BCUT2D eigenvalue weighted by Gasteiger charge is 2.16. The number of fused-ring (bicyclic) bond motifs is 1. The minimum Gasteiger partial charge on any atom is -0.486 e. The van der Waals surface area contributed by atoms with Crippen molar-refractivity contribution < 1.29 is 4.74 Å². The largest absolute Gasteiger partial charge is 0.486 e. The summed E-state index contributed by atoms with van der Waals surface area (Å²) in [7, 11) is 0. The van der Waals surface area contributed by atoms with Crippen LogP contribution in [-0.2, 0) is 0 Å². The van der Waals surface area contributed by atoms with E-state index in [4.69, 9.17) is 27.9 Å². The average molecular weight is 334 g/mol. The van der Waals surface area contributed by atoms with Crippen molar-refractivity contribution in [1.29, 1.82) is 0 Å². The zero-order valence-corrected chi connectivity index (χ0v) is 13.3. The first kappa shape index (κ1) is 14.9. The first-order valence-corrected chi connectivity index (χ1v) is 7.42. The average Bonchev–Trinajstić information content (AvgIpc) is 2.89. The Morgan fingerprint density at radius 1 is 1.27 bits per heavy atom. The fourth-order valence-corrected chi connectivity index (χ4v) is 2.99. The van der Waals surface area contributed by atoms with E-state index in [1.165, 1.54) is 0 Å². The number of hydrogen-bond donors (Lipinski definition) is 1. The Labute approximate surface area is 137 Å².